The molecule has 0 aromatic rings. The fourth-order valence-electron chi connectivity index (χ4n) is 4.75. The third kappa shape index (κ3) is 2.88. The van der Waals surface area contributed by atoms with E-state index in [2.05, 4.69) is 37.9 Å². The van der Waals surface area contributed by atoms with Crippen LogP contribution >= 0.6 is 0 Å². The standard InChI is InChI=1S/C17H32N2O2/c1-12(19-7-9-20-11-13(19)2)10-18-15-14-6-5-8-21-16(14)17(15,3)4/h12-16,18H,5-11H2,1-4H3/t12-,13-,14+,15-,16-/m1/s1. The summed E-state index contributed by atoms with van der Waals surface area (Å²) in [4.78, 5) is 2.58. The molecule has 0 aromatic carbocycles. The number of nitrogens with zero attached hydrogens (tertiary/aromatic N) is 1. The summed E-state index contributed by atoms with van der Waals surface area (Å²) in [6.45, 7) is 14.2. The number of rotatable bonds is 4. The van der Waals surface area contributed by atoms with Gasteiger partial charge in [-0.05, 0) is 26.7 Å². The summed E-state index contributed by atoms with van der Waals surface area (Å²) >= 11 is 0. The van der Waals surface area contributed by atoms with Crippen LogP contribution in [0.1, 0.15) is 40.5 Å². The van der Waals surface area contributed by atoms with Gasteiger partial charge >= 0.3 is 0 Å². The summed E-state index contributed by atoms with van der Waals surface area (Å²) in [5, 5.41) is 3.86. The van der Waals surface area contributed by atoms with Crippen molar-refractivity contribution < 1.29 is 9.47 Å². The molecule has 122 valence electrons. The quantitative estimate of drug-likeness (QED) is 0.859. The van der Waals surface area contributed by atoms with E-state index >= 15 is 0 Å². The Bertz CT molecular complexity index is 361. The first-order chi connectivity index (χ1) is 10.0. The van der Waals surface area contributed by atoms with Gasteiger partial charge < -0.3 is 14.8 Å². The van der Waals surface area contributed by atoms with Gasteiger partial charge in [-0.1, -0.05) is 13.8 Å². The second-order valence-corrected chi connectivity index (χ2v) is 7.82. The van der Waals surface area contributed by atoms with Crippen molar-refractivity contribution in [2.75, 3.05) is 32.9 Å². The summed E-state index contributed by atoms with van der Waals surface area (Å²) in [5.41, 5.74) is 0.279. The Morgan fingerprint density at radius 3 is 2.90 bits per heavy atom. The van der Waals surface area contributed by atoms with Crippen LogP contribution in [-0.2, 0) is 9.47 Å². The lowest BCUT2D eigenvalue weighted by Crippen LogP contribution is -2.70. The van der Waals surface area contributed by atoms with E-state index in [1.807, 2.05) is 0 Å². The molecule has 0 unspecified atom stereocenters. The van der Waals surface area contributed by atoms with E-state index in [0.29, 0.717) is 24.2 Å². The fourth-order valence-corrected chi connectivity index (χ4v) is 4.75. The summed E-state index contributed by atoms with van der Waals surface area (Å²) in [6.07, 6.45) is 3.03. The molecule has 0 aromatic heterocycles. The molecule has 4 nitrogen and oxygen atoms in total. The van der Waals surface area contributed by atoms with Crippen molar-refractivity contribution in [2.24, 2.45) is 11.3 Å². The van der Waals surface area contributed by atoms with Crippen LogP contribution in [0, 0.1) is 11.3 Å². The molecule has 2 aliphatic heterocycles. The average molecular weight is 296 g/mol. The van der Waals surface area contributed by atoms with Crippen molar-refractivity contribution in [2.45, 2.75) is 64.8 Å². The van der Waals surface area contributed by atoms with E-state index in [9.17, 15) is 0 Å². The van der Waals surface area contributed by atoms with Crippen molar-refractivity contribution in [3.63, 3.8) is 0 Å². The lowest BCUT2D eigenvalue weighted by molar-refractivity contribution is -0.193. The van der Waals surface area contributed by atoms with Crippen molar-refractivity contribution in [3.8, 4) is 0 Å². The van der Waals surface area contributed by atoms with Crippen LogP contribution in [0.5, 0.6) is 0 Å². The summed E-state index contributed by atoms with van der Waals surface area (Å²) in [7, 11) is 0. The molecular formula is C17H32N2O2. The Morgan fingerprint density at radius 1 is 1.33 bits per heavy atom. The zero-order chi connectivity index (χ0) is 15.0. The Hall–Kier alpha value is -0.160. The lowest BCUT2D eigenvalue weighted by atomic mass is 9.55. The number of morpholine rings is 1. The molecule has 0 amide bonds. The van der Waals surface area contributed by atoms with Crippen molar-refractivity contribution in [3.05, 3.63) is 0 Å². The van der Waals surface area contributed by atoms with E-state index in [0.717, 1.165) is 38.8 Å². The van der Waals surface area contributed by atoms with Gasteiger partial charge in [-0.3, -0.25) is 4.90 Å². The molecule has 1 aliphatic carbocycles. The molecule has 1 saturated carbocycles. The molecule has 3 aliphatic rings. The third-order valence-electron chi connectivity index (χ3n) is 5.95. The minimum Gasteiger partial charge on any atom is -0.379 e. The van der Waals surface area contributed by atoms with E-state index < -0.39 is 0 Å². The highest BCUT2D eigenvalue weighted by Gasteiger charge is 2.57. The predicted octanol–water partition coefficient (Wildman–Crippen LogP) is 1.89. The van der Waals surface area contributed by atoms with Crippen LogP contribution in [0.2, 0.25) is 0 Å². The molecule has 0 spiro atoms. The molecule has 3 fully saturated rings. The molecule has 4 heteroatoms. The van der Waals surface area contributed by atoms with Gasteiger partial charge in [0.05, 0.1) is 19.3 Å². The van der Waals surface area contributed by atoms with Gasteiger partial charge in [0.2, 0.25) is 0 Å². The maximum atomic E-state index is 6.00. The van der Waals surface area contributed by atoms with Crippen molar-refractivity contribution in [1.82, 2.24) is 10.2 Å². The van der Waals surface area contributed by atoms with Crippen LogP contribution in [0.4, 0.5) is 0 Å². The average Bonchev–Trinajstić information content (AvgIpc) is 2.47. The van der Waals surface area contributed by atoms with Gasteiger partial charge in [0.1, 0.15) is 0 Å². The smallest absolute Gasteiger partial charge is 0.0684 e. The molecule has 0 radical (unpaired) electrons. The van der Waals surface area contributed by atoms with Crippen LogP contribution in [0.25, 0.3) is 0 Å². The Morgan fingerprint density at radius 2 is 2.14 bits per heavy atom. The first kappa shape index (κ1) is 15.7. The van der Waals surface area contributed by atoms with E-state index in [1.165, 1.54) is 12.8 Å². The van der Waals surface area contributed by atoms with Crippen LogP contribution in [0.3, 0.4) is 0 Å². The van der Waals surface area contributed by atoms with Crippen LogP contribution < -0.4 is 5.32 Å². The first-order valence-electron chi connectivity index (χ1n) is 8.70. The van der Waals surface area contributed by atoms with Gasteiger partial charge in [-0.15, -0.1) is 0 Å². The van der Waals surface area contributed by atoms with Gasteiger partial charge in [0, 0.05) is 49.2 Å². The highest BCUT2D eigenvalue weighted by Crippen LogP contribution is 2.51. The molecule has 5 atom stereocenters. The van der Waals surface area contributed by atoms with Gasteiger partial charge in [-0.2, -0.15) is 0 Å². The SMILES string of the molecule is C[C@H](CN[C@@H]1[C@@H]2CCCO[C@H]2C1(C)C)N1CCOC[C@H]1C. The summed E-state index contributed by atoms with van der Waals surface area (Å²) in [6, 6.07) is 1.72. The van der Waals surface area contributed by atoms with Crippen molar-refractivity contribution in [1.29, 1.82) is 0 Å². The normalized spacial score (nSPS) is 41.1. The maximum Gasteiger partial charge on any atom is 0.0684 e. The number of hydrogen-bond donors (Lipinski definition) is 1. The van der Waals surface area contributed by atoms with Gasteiger partial charge in [0.15, 0.2) is 0 Å². The lowest BCUT2D eigenvalue weighted by Gasteiger charge is -2.60. The third-order valence-corrected chi connectivity index (χ3v) is 5.95. The second-order valence-electron chi connectivity index (χ2n) is 7.82. The highest BCUT2D eigenvalue weighted by molar-refractivity contribution is 5.10. The molecular weight excluding hydrogens is 264 g/mol. The Balaban J connectivity index is 1.52. The van der Waals surface area contributed by atoms with Crippen molar-refractivity contribution >= 4 is 0 Å². The van der Waals surface area contributed by atoms with Gasteiger partial charge in [0.25, 0.3) is 0 Å². The van der Waals surface area contributed by atoms with E-state index in [1.54, 1.807) is 0 Å². The number of fused-ring (bicyclic) bond motifs is 1. The van der Waals surface area contributed by atoms with Crippen LogP contribution in [-0.4, -0.2) is 62.0 Å². The maximum absolute atomic E-state index is 6.00. The second kappa shape index (κ2) is 6.15. The molecule has 0 bridgehead atoms. The molecule has 2 saturated heterocycles. The first-order valence-corrected chi connectivity index (χ1v) is 8.70. The summed E-state index contributed by atoms with van der Waals surface area (Å²) < 4.78 is 11.5. The Kier molecular flexibility index (Phi) is 4.60. The fraction of sp³-hybridized carbons (Fsp3) is 1.00. The zero-order valence-electron chi connectivity index (χ0n) is 14.1. The predicted molar refractivity (Wildman–Crippen MR) is 84.5 cm³/mol. The molecule has 3 rings (SSSR count). The Labute approximate surface area is 129 Å². The number of hydrogen-bond acceptors (Lipinski definition) is 4. The molecule has 1 N–H and O–H groups in total. The molecule has 21 heavy (non-hydrogen) atoms. The van der Waals surface area contributed by atoms with E-state index in [-0.39, 0.29) is 5.41 Å². The number of ether oxygens (including phenoxy) is 2. The topological polar surface area (TPSA) is 33.7 Å². The minimum absolute atomic E-state index is 0.279. The largest absolute Gasteiger partial charge is 0.379 e. The summed E-state index contributed by atoms with van der Waals surface area (Å²) in [5.74, 6) is 0.725. The van der Waals surface area contributed by atoms with Gasteiger partial charge in [-0.25, -0.2) is 0 Å². The monoisotopic (exact) mass is 296 g/mol. The zero-order valence-corrected chi connectivity index (χ0v) is 14.1. The van der Waals surface area contributed by atoms with Crippen LogP contribution in [0.15, 0.2) is 0 Å². The molecule has 2 heterocycles. The highest BCUT2D eigenvalue weighted by atomic mass is 16.5. The number of nitrogens with one attached hydrogen (secondary N) is 1. The minimum atomic E-state index is 0.279. The van der Waals surface area contributed by atoms with E-state index in [4.69, 9.17) is 9.47 Å².